The van der Waals surface area contributed by atoms with Gasteiger partial charge in [-0.1, -0.05) is 18.2 Å². The van der Waals surface area contributed by atoms with Gasteiger partial charge in [0, 0.05) is 19.8 Å². The second-order valence-corrected chi connectivity index (χ2v) is 7.13. The lowest BCUT2D eigenvalue weighted by Crippen LogP contribution is -2.24. The van der Waals surface area contributed by atoms with Crippen LogP contribution in [0.1, 0.15) is 29.7 Å². The Morgan fingerprint density at radius 1 is 1.17 bits per heavy atom. The number of hydrogen-bond donors (Lipinski definition) is 1. The van der Waals surface area contributed by atoms with E-state index in [-0.39, 0.29) is 28.1 Å². The maximum absolute atomic E-state index is 12.3. The number of furan rings is 1. The van der Waals surface area contributed by atoms with E-state index in [0.717, 1.165) is 0 Å². The average Bonchev–Trinajstić information content (AvgIpc) is 3.03. The van der Waals surface area contributed by atoms with E-state index in [1.807, 2.05) is 6.92 Å². The molecular formula is C17H21NO5S. The molecule has 0 spiro atoms. The minimum atomic E-state index is -3.49. The number of sulfone groups is 1. The van der Waals surface area contributed by atoms with Gasteiger partial charge in [-0.15, -0.1) is 0 Å². The molecule has 0 radical (unpaired) electrons. The van der Waals surface area contributed by atoms with Crippen LogP contribution in [0.5, 0.6) is 0 Å². The highest BCUT2D eigenvalue weighted by Gasteiger charge is 2.18. The van der Waals surface area contributed by atoms with Gasteiger partial charge < -0.3 is 14.5 Å². The molecule has 24 heavy (non-hydrogen) atoms. The second kappa shape index (κ2) is 8.65. The quantitative estimate of drug-likeness (QED) is 0.701. The number of benzene rings is 1. The summed E-state index contributed by atoms with van der Waals surface area (Å²) in [6.07, 6.45) is 0.704. The Morgan fingerprint density at radius 2 is 1.92 bits per heavy atom. The van der Waals surface area contributed by atoms with Gasteiger partial charge in [0.15, 0.2) is 15.6 Å². The van der Waals surface area contributed by atoms with E-state index < -0.39 is 9.84 Å². The number of rotatable bonds is 9. The topological polar surface area (TPSA) is 85.6 Å². The predicted octanol–water partition coefficient (Wildman–Crippen LogP) is 2.41. The molecule has 0 fully saturated rings. The molecule has 0 atom stereocenters. The van der Waals surface area contributed by atoms with Crippen LogP contribution in [-0.4, -0.2) is 34.1 Å². The number of hydrogen-bond acceptors (Lipinski definition) is 5. The lowest BCUT2D eigenvalue weighted by Gasteiger charge is -2.04. The highest BCUT2D eigenvalue weighted by molar-refractivity contribution is 7.90. The summed E-state index contributed by atoms with van der Waals surface area (Å²) in [5.74, 6) is -0.313. The van der Waals surface area contributed by atoms with E-state index in [4.69, 9.17) is 9.15 Å². The molecule has 0 aliphatic heterocycles. The van der Waals surface area contributed by atoms with Crippen molar-refractivity contribution in [1.29, 1.82) is 0 Å². The maximum atomic E-state index is 12.3. The van der Waals surface area contributed by atoms with Gasteiger partial charge in [-0.05, 0) is 37.6 Å². The van der Waals surface area contributed by atoms with Crippen molar-refractivity contribution in [1.82, 2.24) is 5.32 Å². The first-order chi connectivity index (χ1) is 11.5. The average molecular weight is 351 g/mol. The molecule has 1 aromatic heterocycles. The van der Waals surface area contributed by atoms with Crippen molar-refractivity contribution in [2.45, 2.75) is 24.0 Å². The van der Waals surface area contributed by atoms with Gasteiger partial charge in [0.1, 0.15) is 11.5 Å². The zero-order chi connectivity index (χ0) is 17.4. The molecular weight excluding hydrogens is 330 g/mol. The summed E-state index contributed by atoms with van der Waals surface area (Å²) < 4.78 is 35.1. The van der Waals surface area contributed by atoms with Crippen LogP contribution < -0.4 is 5.32 Å². The Bertz CT molecular complexity index is 752. The summed E-state index contributed by atoms with van der Waals surface area (Å²) >= 11 is 0. The summed E-state index contributed by atoms with van der Waals surface area (Å²) in [6.45, 7) is 3.60. The number of amides is 1. The number of carbonyl (C=O) groups is 1. The molecule has 130 valence electrons. The third-order valence-corrected chi connectivity index (χ3v) is 4.93. The molecule has 0 saturated heterocycles. The van der Waals surface area contributed by atoms with E-state index in [9.17, 15) is 13.2 Å². The molecule has 2 aromatic rings. The fourth-order valence-electron chi connectivity index (χ4n) is 2.08. The van der Waals surface area contributed by atoms with Gasteiger partial charge in [-0.2, -0.15) is 0 Å². The van der Waals surface area contributed by atoms with E-state index in [1.165, 1.54) is 24.3 Å². The lowest BCUT2D eigenvalue weighted by molar-refractivity contribution is 0.0915. The fraction of sp³-hybridized carbons (Fsp3) is 0.353. The summed E-state index contributed by atoms with van der Waals surface area (Å²) in [5, 5.41) is 2.70. The van der Waals surface area contributed by atoms with Gasteiger partial charge in [-0.25, -0.2) is 8.42 Å². The van der Waals surface area contributed by atoms with Crippen LogP contribution in [0.3, 0.4) is 0 Å². The highest BCUT2D eigenvalue weighted by Crippen LogP contribution is 2.18. The Hall–Kier alpha value is -2.12. The fourth-order valence-corrected chi connectivity index (χ4v) is 3.35. The molecule has 1 amide bonds. The lowest BCUT2D eigenvalue weighted by atomic mass is 10.4. The summed E-state index contributed by atoms with van der Waals surface area (Å²) in [6, 6.07) is 11.1. The first-order valence-electron chi connectivity index (χ1n) is 7.75. The molecule has 1 heterocycles. The molecule has 2 rings (SSSR count). The molecule has 7 heteroatoms. The van der Waals surface area contributed by atoms with E-state index in [0.29, 0.717) is 26.2 Å². The Morgan fingerprint density at radius 3 is 2.62 bits per heavy atom. The Balaban J connectivity index is 1.92. The van der Waals surface area contributed by atoms with Crippen LogP contribution in [0.2, 0.25) is 0 Å². The van der Waals surface area contributed by atoms with Crippen molar-refractivity contribution in [2.75, 3.05) is 19.8 Å². The van der Waals surface area contributed by atoms with Crippen molar-refractivity contribution >= 4 is 15.7 Å². The summed E-state index contributed by atoms with van der Waals surface area (Å²) in [7, 11) is -3.49. The molecule has 0 aliphatic rings. The molecule has 0 unspecified atom stereocenters. The Labute approximate surface area is 141 Å². The molecule has 0 saturated carbocycles. The molecule has 1 aromatic carbocycles. The number of ether oxygens (including phenoxy) is 1. The highest BCUT2D eigenvalue weighted by atomic mass is 32.2. The van der Waals surface area contributed by atoms with Crippen LogP contribution in [0.25, 0.3) is 0 Å². The largest absolute Gasteiger partial charge is 0.455 e. The summed E-state index contributed by atoms with van der Waals surface area (Å²) in [5.41, 5.74) is 0. The zero-order valence-corrected chi connectivity index (χ0v) is 14.3. The minimum Gasteiger partial charge on any atom is -0.455 e. The van der Waals surface area contributed by atoms with Gasteiger partial charge in [0.25, 0.3) is 5.91 Å². The maximum Gasteiger partial charge on any atom is 0.286 e. The van der Waals surface area contributed by atoms with E-state index >= 15 is 0 Å². The number of nitrogens with one attached hydrogen (secondary N) is 1. The van der Waals surface area contributed by atoms with Crippen LogP contribution in [0.15, 0.2) is 51.8 Å². The SMILES string of the molecule is CCOCCCNC(=O)c1ccc(CS(=O)(=O)c2ccccc2)o1. The third-order valence-electron chi connectivity index (χ3n) is 3.28. The summed E-state index contributed by atoms with van der Waals surface area (Å²) in [4.78, 5) is 12.2. The van der Waals surface area contributed by atoms with Crippen LogP contribution in [0.4, 0.5) is 0 Å². The van der Waals surface area contributed by atoms with Crippen molar-refractivity contribution in [3.63, 3.8) is 0 Å². The van der Waals surface area contributed by atoms with Gasteiger partial charge >= 0.3 is 0 Å². The standard InChI is InChI=1S/C17H21NO5S/c1-2-22-12-6-11-18-17(19)16-10-9-14(23-16)13-24(20,21)15-7-4-3-5-8-15/h3-5,7-10H,2,6,11-13H2,1H3,(H,18,19). The smallest absolute Gasteiger partial charge is 0.286 e. The molecule has 1 N–H and O–H groups in total. The Kier molecular flexibility index (Phi) is 6.57. The molecule has 6 nitrogen and oxygen atoms in total. The normalized spacial score (nSPS) is 11.4. The van der Waals surface area contributed by atoms with E-state index in [1.54, 1.807) is 18.2 Å². The van der Waals surface area contributed by atoms with Gasteiger partial charge in [0.2, 0.25) is 0 Å². The van der Waals surface area contributed by atoms with Crippen molar-refractivity contribution in [3.05, 3.63) is 54.0 Å². The second-order valence-electron chi connectivity index (χ2n) is 5.14. The van der Waals surface area contributed by atoms with Crippen molar-refractivity contribution in [2.24, 2.45) is 0 Å². The van der Waals surface area contributed by atoms with Crippen LogP contribution in [-0.2, 0) is 20.3 Å². The third kappa shape index (κ3) is 5.21. The minimum absolute atomic E-state index is 0.102. The van der Waals surface area contributed by atoms with Gasteiger partial charge in [-0.3, -0.25) is 4.79 Å². The van der Waals surface area contributed by atoms with Gasteiger partial charge in [0.05, 0.1) is 4.90 Å². The van der Waals surface area contributed by atoms with Crippen molar-refractivity contribution in [3.8, 4) is 0 Å². The first-order valence-corrected chi connectivity index (χ1v) is 9.40. The first kappa shape index (κ1) is 18.2. The predicted molar refractivity (Wildman–Crippen MR) is 89.5 cm³/mol. The number of carbonyl (C=O) groups excluding carboxylic acids is 1. The van der Waals surface area contributed by atoms with Crippen LogP contribution >= 0.6 is 0 Å². The monoisotopic (exact) mass is 351 g/mol. The molecule has 0 aliphatic carbocycles. The van der Waals surface area contributed by atoms with Crippen LogP contribution in [0, 0.1) is 0 Å². The van der Waals surface area contributed by atoms with E-state index in [2.05, 4.69) is 5.32 Å². The zero-order valence-electron chi connectivity index (χ0n) is 13.5. The molecule has 0 bridgehead atoms. The van der Waals surface area contributed by atoms with Crippen molar-refractivity contribution < 1.29 is 22.4 Å².